The highest BCUT2D eigenvalue weighted by Gasteiger charge is 2.43. The van der Waals surface area contributed by atoms with Gasteiger partial charge < -0.3 is 20.1 Å². The summed E-state index contributed by atoms with van der Waals surface area (Å²) in [5, 5.41) is 5.61. The molecule has 11 nitrogen and oxygen atoms in total. The van der Waals surface area contributed by atoms with Crippen molar-refractivity contribution in [3.8, 4) is 22.8 Å². The molecule has 1 atom stereocenters. The van der Waals surface area contributed by atoms with Gasteiger partial charge in [0.05, 0.1) is 22.9 Å². The Morgan fingerprint density at radius 2 is 1.64 bits per heavy atom. The van der Waals surface area contributed by atoms with Gasteiger partial charge in [-0.2, -0.15) is 0 Å². The second-order valence-corrected chi connectivity index (χ2v) is 14.6. The van der Waals surface area contributed by atoms with Crippen molar-refractivity contribution in [2.45, 2.75) is 55.9 Å². The molecule has 50 heavy (non-hydrogen) atoms. The number of carbonyl (C=O) groups excluding carboxylic acids is 3. The van der Waals surface area contributed by atoms with Crippen LogP contribution in [0.2, 0.25) is 0 Å². The van der Waals surface area contributed by atoms with Gasteiger partial charge in [-0.25, -0.2) is 9.97 Å². The fourth-order valence-electron chi connectivity index (χ4n) is 8.76. The summed E-state index contributed by atoms with van der Waals surface area (Å²) in [6.45, 7) is 6.64. The number of amides is 3. The number of benzene rings is 2. The van der Waals surface area contributed by atoms with Crippen LogP contribution in [0.15, 0.2) is 66.9 Å². The summed E-state index contributed by atoms with van der Waals surface area (Å²) in [4.78, 5) is 57.3. The monoisotopic (exact) mass is 670 g/mol. The Morgan fingerprint density at radius 3 is 2.42 bits per heavy atom. The zero-order chi connectivity index (χ0) is 33.8. The van der Waals surface area contributed by atoms with Gasteiger partial charge in [0.1, 0.15) is 0 Å². The van der Waals surface area contributed by atoms with Crippen LogP contribution >= 0.6 is 0 Å². The summed E-state index contributed by atoms with van der Waals surface area (Å²) in [6.07, 6.45) is 7.35. The first-order valence-electron chi connectivity index (χ1n) is 18.1. The number of piperazine rings is 1. The van der Waals surface area contributed by atoms with E-state index >= 15 is 0 Å². The van der Waals surface area contributed by atoms with Crippen LogP contribution in [-0.2, 0) is 15.0 Å². The topological polar surface area (TPSA) is 127 Å². The number of hydrogen-bond acceptors (Lipinski definition) is 8. The molecular formula is C39H42N8O3. The predicted molar refractivity (Wildman–Crippen MR) is 191 cm³/mol. The van der Waals surface area contributed by atoms with Gasteiger partial charge in [-0.15, -0.1) is 0 Å². The van der Waals surface area contributed by atoms with Crippen molar-refractivity contribution in [2.75, 3.05) is 55.6 Å². The average Bonchev–Trinajstić information content (AvgIpc) is 3.80. The van der Waals surface area contributed by atoms with Crippen molar-refractivity contribution < 1.29 is 14.4 Å². The van der Waals surface area contributed by atoms with Crippen LogP contribution in [0.3, 0.4) is 0 Å². The van der Waals surface area contributed by atoms with Crippen LogP contribution in [0, 0.1) is 0 Å². The lowest BCUT2D eigenvalue weighted by atomic mass is 9.78. The summed E-state index contributed by atoms with van der Waals surface area (Å²) >= 11 is 0. The lowest BCUT2D eigenvalue weighted by Crippen LogP contribution is -2.63. The molecule has 5 aliphatic rings. The van der Waals surface area contributed by atoms with Gasteiger partial charge in [0.25, 0.3) is 5.91 Å². The van der Waals surface area contributed by atoms with E-state index < -0.39 is 0 Å². The fourth-order valence-corrected chi connectivity index (χ4v) is 8.76. The van der Waals surface area contributed by atoms with Crippen molar-refractivity contribution in [1.82, 2.24) is 30.5 Å². The number of H-pyrrole nitrogens is 1. The molecule has 1 aliphatic carbocycles. The minimum absolute atomic E-state index is 0.00491. The van der Waals surface area contributed by atoms with Crippen LogP contribution in [0.5, 0.6) is 0 Å². The van der Waals surface area contributed by atoms with Gasteiger partial charge in [0.15, 0.2) is 5.82 Å². The largest absolute Gasteiger partial charge is 0.369 e. The first kappa shape index (κ1) is 31.0. The van der Waals surface area contributed by atoms with Gasteiger partial charge in [-0.1, -0.05) is 25.0 Å². The molecule has 4 aliphatic heterocycles. The maximum atomic E-state index is 12.7. The number of nitrogens with one attached hydrogen (secondary N) is 3. The summed E-state index contributed by atoms with van der Waals surface area (Å²) in [6, 6.07) is 21.2. The molecular weight excluding hydrogens is 628 g/mol. The van der Waals surface area contributed by atoms with E-state index in [1.807, 2.05) is 24.3 Å². The Kier molecular flexibility index (Phi) is 7.67. The van der Waals surface area contributed by atoms with E-state index in [1.54, 1.807) is 6.20 Å². The van der Waals surface area contributed by atoms with E-state index in [4.69, 9.17) is 4.98 Å². The van der Waals surface area contributed by atoms with Gasteiger partial charge in [-0.05, 0) is 73.4 Å². The van der Waals surface area contributed by atoms with Crippen LogP contribution in [0.4, 0.5) is 11.4 Å². The molecule has 1 spiro atoms. The van der Waals surface area contributed by atoms with Gasteiger partial charge >= 0.3 is 0 Å². The molecule has 256 valence electrons. The van der Waals surface area contributed by atoms with Gasteiger partial charge in [0.2, 0.25) is 11.8 Å². The zero-order valence-corrected chi connectivity index (χ0v) is 28.2. The van der Waals surface area contributed by atoms with E-state index in [1.165, 1.54) is 18.5 Å². The molecule has 3 saturated heterocycles. The van der Waals surface area contributed by atoms with Gasteiger partial charge in [-0.3, -0.25) is 24.6 Å². The predicted octanol–water partition coefficient (Wildman–Crippen LogP) is 4.22. The van der Waals surface area contributed by atoms with Crippen LogP contribution in [0.1, 0.15) is 66.1 Å². The third-order valence-electron chi connectivity index (χ3n) is 11.7. The molecule has 4 fully saturated rings. The maximum Gasteiger partial charge on any atom is 0.253 e. The number of fused-ring (bicyclic) bond motifs is 2. The third kappa shape index (κ3) is 5.53. The van der Waals surface area contributed by atoms with Crippen molar-refractivity contribution in [3.05, 3.63) is 83.7 Å². The molecule has 0 radical (unpaired) electrons. The molecule has 1 saturated carbocycles. The van der Waals surface area contributed by atoms with Crippen LogP contribution < -0.4 is 20.4 Å². The minimum Gasteiger partial charge on any atom is -0.369 e. The lowest BCUT2D eigenvalue weighted by Gasteiger charge is -2.49. The number of anilines is 2. The number of imide groups is 1. The Morgan fingerprint density at radius 1 is 0.840 bits per heavy atom. The van der Waals surface area contributed by atoms with E-state index in [-0.39, 0.29) is 29.1 Å². The third-order valence-corrected chi connectivity index (χ3v) is 11.7. The molecule has 9 rings (SSSR count). The number of nitrogens with zero attached hydrogens (tertiary/aromatic N) is 5. The number of aromatic amines is 1. The standard InChI is InChI=1S/C39H42N8O3/c48-34-11-10-30(38(50)44-34)26-4-3-5-28(20-26)47-22-29(23-47)46-18-16-45(17-19-46)27-8-6-25(7-9-27)36-40-15-12-32(43-36)33-21-31-35(42-33)39(13-1-2-14-39)24-41-37(31)49/h3-9,12,15,20-21,29-30,42H,1-2,10-11,13-14,16-19,22-24H2,(H,41,49)(H,44,48,50). The summed E-state index contributed by atoms with van der Waals surface area (Å²) in [7, 11) is 0. The highest BCUT2D eigenvalue weighted by Crippen LogP contribution is 2.44. The molecule has 1 unspecified atom stereocenters. The van der Waals surface area contributed by atoms with E-state index in [9.17, 15) is 14.4 Å². The lowest BCUT2D eigenvalue weighted by molar-refractivity contribution is -0.134. The number of aromatic nitrogens is 3. The number of hydrogen-bond donors (Lipinski definition) is 3. The average molecular weight is 671 g/mol. The van der Waals surface area contributed by atoms with E-state index in [0.29, 0.717) is 31.3 Å². The highest BCUT2D eigenvalue weighted by atomic mass is 16.2. The first-order chi connectivity index (χ1) is 24.4. The second-order valence-electron chi connectivity index (χ2n) is 14.6. The number of rotatable bonds is 6. The van der Waals surface area contributed by atoms with Crippen molar-refractivity contribution in [2.24, 2.45) is 0 Å². The molecule has 3 amide bonds. The van der Waals surface area contributed by atoms with Crippen LogP contribution in [0.25, 0.3) is 22.8 Å². The number of carbonyl (C=O) groups is 3. The highest BCUT2D eigenvalue weighted by molar-refractivity contribution is 6.01. The summed E-state index contributed by atoms with van der Waals surface area (Å²) in [5.74, 6) is 0.0463. The molecule has 3 N–H and O–H groups in total. The smallest absolute Gasteiger partial charge is 0.253 e. The summed E-state index contributed by atoms with van der Waals surface area (Å²) < 4.78 is 0. The Balaban J connectivity index is 0.811. The summed E-state index contributed by atoms with van der Waals surface area (Å²) in [5.41, 5.74) is 7.81. The normalized spacial score (nSPS) is 22.3. The van der Waals surface area contributed by atoms with Crippen molar-refractivity contribution >= 4 is 29.1 Å². The number of piperidine rings is 1. The molecule has 2 aromatic heterocycles. The zero-order valence-electron chi connectivity index (χ0n) is 28.2. The fraction of sp³-hybridized carbons (Fsp3) is 0.410. The molecule has 2 aromatic carbocycles. The Hall–Kier alpha value is -5.03. The molecule has 0 bridgehead atoms. The minimum atomic E-state index is -0.255. The molecule has 11 heteroatoms. The van der Waals surface area contributed by atoms with E-state index in [0.717, 1.165) is 91.6 Å². The first-order valence-corrected chi connectivity index (χ1v) is 18.1. The Bertz CT molecular complexity index is 1950. The molecule has 4 aromatic rings. The molecule has 6 heterocycles. The maximum absolute atomic E-state index is 12.7. The quantitative estimate of drug-likeness (QED) is 0.261. The SMILES string of the molecule is O=C1CCC(c2cccc(N3CC(N4CCN(c5ccc(-c6nccc(-c7cc8c([nH]7)C7(CCCC7)CNC8=O)n6)cc5)CC4)C3)c2)C(=O)N1. The van der Waals surface area contributed by atoms with Gasteiger partial charge in [0, 0.05) is 92.5 Å². The Labute approximate surface area is 291 Å². The van der Waals surface area contributed by atoms with Crippen LogP contribution in [-0.4, -0.2) is 89.4 Å². The second kappa shape index (κ2) is 12.4. The van der Waals surface area contributed by atoms with E-state index in [2.05, 4.69) is 71.7 Å². The van der Waals surface area contributed by atoms with Crippen molar-refractivity contribution in [3.63, 3.8) is 0 Å². The van der Waals surface area contributed by atoms with Crippen molar-refractivity contribution in [1.29, 1.82) is 0 Å².